The molecule has 0 saturated heterocycles. The van der Waals surface area contributed by atoms with Gasteiger partial charge in [0.15, 0.2) is 5.82 Å². The zero-order chi connectivity index (χ0) is 12.3. The number of nitrogens with zero attached hydrogens (tertiary/aromatic N) is 3. The molecule has 0 aliphatic heterocycles. The van der Waals surface area contributed by atoms with Gasteiger partial charge < -0.3 is 5.32 Å². The summed E-state index contributed by atoms with van der Waals surface area (Å²) >= 11 is 3.46. The maximum atomic E-state index is 4.49. The Bertz CT molecular complexity index is 505. The first-order valence-corrected chi connectivity index (χ1v) is 6.20. The van der Waals surface area contributed by atoms with Gasteiger partial charge in [-0.05, 0) is 34.5 Å². The zero-order valence-electron chi connectivity index (χ0n) is 9.74. The van der Waals surface area contributed by atoms with Crippen molar-refractivity contribution in [3.05, 3.63) is 34.6 Å². The van der Waals surface area contributed by atoms with Gasteiger partial charge in [-0.1, -0.05) is 6.92 Å². The second-order valence-corrected chi connectivity index (χ2v) is 4.36. The van der Waals surface area contributed by atoms with Gasteiger partial charge in [-0.2, -0.15) is 0 Å². The first-order chi connectivity index (χ1) is 8.24. The average molecular weight is 293 g/mol. The van der Waals surface area contributed by atoms with Crippen LogP contribution in [-0.2, 0) is 6.42 Å². The zero-order valence-corrected chi connectivity index (χ0v) is 11.3. The number of aromatic nitrogens is 3. The first-order valence-electron chi connectivity index (χ1n) is 5.41. The van der Waals surface area contributed by atoms with Crippen LogP contribution in [0.4, 0.5) is 5.82 Å². The molecular weight excluding hydrogens is 280 g/mol. The van der Waals surface area contributed by atoms with Crippen molar-refractivity contribution in [3.63, 3.8) is 0 Å². The monoisotopic (exact) mass is 292 g/mol. The maximum absolute atomic E-state index is 4.49. The highest BCUT2D eigenvalue weighted by atomic mass is 79.9. The highest BCUT2D eigenvalue weighted by molar-refractivity contribution is 9.10. The quantitative estimate of drug-likeness (QED) is 0.945. The van der Waals surface area contributed by atoms with Crippen LogP contribution < -0.4 is 5.32 Å². The Hall–Kier alpha value is -1.49. The Morgan fingerprint density at radius 3 is 2.82 bits per heavy atom. The van der Waals surface area contributed by atoms with E-state index >= 15 is 0 Å². The third-order valence-electron chi connectivity index (χ3n) is 2.37. The largest absolute Gasteiger partial charge is 0.373 e. The summed E-state index contributed by atoms with van der Waals surface area (Å²) in [6, 6.07) is 5.75. The van der Waals surface area contributed by atoms with E-state index in [4.69, 9.17) is 0 Å². The third kappa shape index (κ3) is 2.61. The average Bonchev–Trinajstić information content (AvgIpc) is 2.38. The SMILES string of the molecule is CCc1cc(NC)nc(-c2ncccc2Br)n1. The summed E-state index contributed by atoms with van der Waals surface area (Å²) in [7, 11) is 1.85. The van der Waals surface area contributed by atoms with Gasteiger partial charge in [0.25, 0.3) is 0 Å². The van der Waals surface area contributed by atoms with E-state index in [1.807, 2.05) is 25.2 Å². The van der Waals surface area contributed by atoms with Crippen LogP contribution in [0, 0.1) is 0 Å². The molecule has 0 bridgehead atoms. The summed E-state index contributed by atoms with van der Waals surface area (Å²) < 4.78 is 0.898. The van der Waals surface area contributed by atoms with Crippen LogP contribution in [0.25, 0.3) is 11.5 Å². The molecular formula is C12H13BrN4. The molecule has 88 valence electrons. The molecule has 0 unspecified atom stereocenters. The number of aryl methyl sites for hydroxylation is 1. The molecule has 0 aromatic carbocycles. The van der Waals surface area contributed by atoms with Gasteiger partial charge in [-0.25, -0.2) is 9.97 Å². The van der Waals surface area contributed by atoms with Crippen molar-refractivity contribution in [2.24, 2.45) is 0 Å². The standard InChI is InChI=1S/C12H13BrN4/c1-3-8-7-10(14-2)17-12(16-8)11-9(13)5-4-6-15-11/h4-7H,3H2,1-2H3,(H,14,16,17). The number of nitrogens with one attached hydrogen (secondary N) is 1. The highest BCUT2D eigenvalue weighted by Crippen LogP contribution is 2.23. The molecule has 2 aromatic rings. The van der Waals surface area contributed by atoms with Gasteiger partial charge in [0, 0.05) is 29.5 Å². The van der Waals surface area contributed by atoms with Crippen molar-refractivity contribution < 1.29 is 0 Å². The predicted octanol–water partition coefficient (Wildman–Crippen LogP) is 2.91. The van der Waals surface area contributed by atoms with Gasteiger partial charge in [0.1, 0.15) is 11.5 Å². The molecule has 0 aliphatic rings. The van der Waals surface area contributed by atoms with Crippen molar-refractivity contribution in [2.45, 2.75) is 13.3 Å². The minimum absolute atomic E-state index is 0.640. The number of hydrogen-bond donors (Lipinski definition) is 1. The van der Waals surface area contributed by atoms with E-state index in [1.165, 1.54) is 0 Å². The maximum Gasteiger partial charge on any atom is 0.181 e. The normalized spacial score (nSPS) is 10.3. The van der Waals surface area contributed by atoms with Crippen molar-refractivity contribution in [2.75, 3.05) is 12.4 Å². The summed E-state index contributed by atoms with van der Waals surface area (Å²) in [4.78, 5) is 13.2. The molecule has 0 spiro atoms. The molecule has 0 saturated carbocycles. The van der Waals surface area contributed by atoms with Crippen LogP contribution in [0.1, 0.15) is 12.6 Å². The highest BCUT2D eigenvalue weighted by Gasteiger charge is 2.09. The summed E-state index contributed by atoms with van der Waals surface area (Å²) in [5.41, 5.74) is 1.76. The minimum Gasteiger partial charge on any atom is -0.373 e. The first kappa shape index (κ1) is 12.0. The lowest BCUT2D eigenvalue weighted by Crippen LogP contribution is -2.01. The molecule has 0 aliphatic carbocycles. The Kier molecular flexibility index (Phi) is 3.68. The van der Waals surface area contributed by atoms with Crippen LogP contribution in [0.2, 0.25) is 0 Å². The number of pyridine rings is 1. The van der Waals surface area contributed by atoms with Crippen LogP contribution in [0.15, 0.2) is 28.9 Å². The number of anilines is 1. The lowest BCUT2D eigenvalue weighted by molar-refractivity contribution is 0.997. The van der Waals surface area contributed by atoms with E-state index in [2.05, 4.69) is 43.1 Å². The fourth-order valence-corrected chi connectivity index (χ4v) is 1.90. The van der Waals surface area contributed by atoms with E-state index in [1.54, 1.807) is 6.20 Å². The summed E-state index contributed by atoms with van der Waals surface area (Å²) in [6.07, 6.45) is 2.61. The van der Waals surface area contributed by atoms with Crippen molar-refractivity contribution >= 4 is 21.7 Å². The topological polar surface area (TPSA) is 50.7 Å². The number of hydrogen-bond acceptors (Lipinski definition) is 4. The van der Waals surface area contributed by atoms with Gasteiger partial charge in [0.2, 0.25) is 0 Å². The van der Waals surface area contributed by atoms with E-state index in [0.717, 1.165) is 28.1 Å². The van der Waals surface area contributed by atoms with Crippen molar-refractivity contribution in [3.8, 4) is 11.5 Å². The van der Waals surface area contributed by atoms with Crippen molar-refractivity contribution in [1.29, 1.82) is 0 Å². The molecule has 17 heavy (non-hydrogen) atoms. The molecule has 2 rings (SSSR count). The molecule has 0 atom stereocenters. The van der Waals surface area contributed by atoms with Gasteiger partial charge >= 0.3 is 0 Å². The van der Waals surface area contributed by atoms with E-state index < -0.39 is 0 Å². The molecule has 4 nitrogen and oxygen atoms in total. The molecule has 2 heterocycles. The van der Waals surface area contributed by atoms with Crippen LogP contribution in [-0.4, -0.2) is 22.0 Å². The van der Waals surface area contributed by atoms with Gasteiger partial charge in [-0.15, -0.1) is 0 Å². The molecule has 0 fully saturated rings. The number of rotatable bonds is 3. The van der Waals surface area contributed by atoms with Crippen LogP contribution in [0.5, 0.6) is 0 Å². The predicted molar refractivity (Wildman–Crippen MR) is 71.9 cm³/mol. The smallest absolute Gasteiger partial charge is 0.181 e. The van der Waals surface area contributed by atoms with Gasteiger partial charge in [0.05, 0.1) is 0 Å². The third-order valence-corrected chi connectivity index (χ3v) is 3.01. The summed E-state index contributed by atoms with van der Waals surface area (Å²) in [6.45, 7) is 2.07. The molecule has 5 heteroatoms. The fraction of sp³-hybridized carbons (Fsp3) is 0.250. The van der Waals surface area contributed by atoms with Crippen LogP contribution in [0.3, 0.4) is 0 Å². The Balaban J connectivity index is 2.55. The summed E-state index contributed by atoms with van der Waals surface area (Å²) in [5.74, 6) is 1.45. The summed E-state index contributed by atoms with van der Waals surface area (Å²) in [5, 5.41) is 3.04. The molecule has 2 aromatic heterocycles. The fourth-order valence-electron chi connectivity index (χ4n) is 1.46. The van der Waals surface area contributed by atoms with E-state index in [0.29, 0.717) is 5.82 Å². The van der Waals surface area contributed by atoms with E-state index in [9.17, 15) is 0 Å². The second kappa shape index (κ2) is 5.23. The molecule has 0 radical (unpaired) electrons. The second-order valence-electron chi connectivity index (χ2n) is 3.51. The lowest BCUT2D eigenvalue weighted by atomic mass is 10.3. The van der Waals surface area contributed by atoms with Gasteiger partial charge in [-0.3, -0.25) is 4.98 Å². The van der Waals surface area contributed by atoms with E-state index in [-0.39, 0.29) is 0 Å². The number of halogens is 1. The van der Waals surface area contributed by atoms with Crippen LogP contribution >= 0.6 is 15.9 Å². The Morgan fingerprint density at radius 2 is 2.18 bits per heavy atom. The molecule has 0 amide bonds. The molecule has 1 N–H and O–H groups in total. The van der Waals surface area contributed by atoms with Crippen molar-refractivity contribution in [1.82, 2.24) is 15.0 Å². The minimum atomic E-state index is 0.640. The Labute approximate surface area is 109 Å². The Morgan fingerprint density at radius 1 is 1.35 bits per heavy atom. The lowest BCUT2D eigenvalue weighted by Gasteiger charge is -2.07.